The predicted molar refractivity (Wildman–Crippen MR) is 70.7 cm³/mol. The summed E-state index contributed by atoms with van der Waals surface area (Å²) in [6, 6.07) is 8.22. The van der Waals surface area contributed by atoms with E-state index in [0.717, 1.165) is 12.4 Å². The number of fused-ring (bicyclic) bond motifs is 1. The van der Waals surface area contributed by atoms with Gasteiger partial charge in [0.2, 0.25) is 0 Å². The van der Waals surface area contributed by atoms with Crippen molar-refractivity contribution in [2.75, 3.05) is 6.61 Å². The van der Waals surface area contributed by atoms with E-state index in [4.69, 9.17) is 4.74 Å². The lowest BCUT2D eigenvalue weighted by atomic mass is 9.91. The molecule has 1 aliphatic rings. The van der Waals surface area contributed by atoms with Gasteiger partial charge in [-0.15, -0.1) is 0 Å². The van der Waals surface area contributed by atoms with Gasteiger partial charge in [0.1, 0.15) is 5.75 Å². The van der Waals surface area contributed by atoms with Gasteiger partial charge in [-0.2, -0.15) is 0 Å². The van der Waals surface area contributed by atoms with E-state index in [9.17, 15) is 0 Å². The van der Waals surface area contributed by atoms with Crippen LogP contribution in [0.15, 0.2) is 30.3 Å². The monoisotopic (exact) mass is 218 g/mol. The molecule has 2 rings (SSSR count). The fourth-order valence-electron chi connectivity index (χ4n) is 1.89. The highest BCUT2D eigenvalue weighted by Crippen LogP contribution is 2.34. The van der Waals surface area contributed by atoms with Crippen LogP contribution in [0.4, 0.5) is 0 Å². The van der Waals surface area contributed by atoms with Crippen molar-refractivity contribution in [2.24, 2.45) is 5.41 Å². The third-order valence-electron chi connectivity index (χ3n) is 2.52. The molecule has 1 aliphatic heterocycles. The third-order valence-corrected chi connectivity index (χ3v) is 2.52. The lowest BCUT2D eigenvalue weighted by Gasteiger charge is -2.18. The van der Waals surface area contributed by atoms with Crippen LogP contribution in [0, 0.1) is 5.41 Å². The summed E-state index contributed by atoms with van der Waals surface area (Å²) in [5, 5.41) is 0. The van der Waals surface area contributed by atoms with Crippen molar-refractivity contribution in [3.05, 3.63) is 35.9 Å². The fourth-order valence-corrected chi connectivity index (χ4v) is 1.89. The molecule has 0 aromatic heterocycles. The maximum Gasteiger partial charge on any atom is 0.126 e. The number of allylic oxidation sites excluding steroid dienone is 1. The van der Waals surface area contributed by atoms with E-state index in [1.54, 1.807) is 0 Å². The first kappa shape index (κ1) is 12.8. The minimum atomic E-state index is 0.128. The van der Waals surface area contributed by atoms with E-state index >= 15 is 0 Å². The standard InChI is InChI=1S/C13H16O.C2H6/c1-10-8-13(2,3)9-14-12-7-5-4-6-11(10)12;1-2/h4-8H,9H2,1-3H3;1-2H3. The second-order valence-corrected chi connectivity index (χ2v) is 4.60. The van der Waals surface area contributed by atoms with Crippen molar-refractivity contribution >= 4 is 5.57 Å². The SMILES string of the molecule is CC.CC1=CC(C)(C)COc2ccccc21. The van der Waals surface area contributed by atoms with E-state index in [1.807, 2.05) is 26.0 Å². The van der Waals surface area contributed by atoms with Crippen molar-refractivity contribution in [3.63, 3.8) is 0 Å². The second-order valence-electron chi connectivity index (χ2n) is 4.60. The predicted octanol–water partition coefficient (Wildman–Crippen LogP) is 4.53. The summed E-state index contributed by atoms with van der Waals surface area (Å²) in [6.45, 7) is 11.3. The third kappa shape index (κ3) is 2.88. The van der Waals surface area contributed by atoms with Crippen LogP contribution < -0.4 is 4.74 Å². The molecule has 0 saturated heterocycles. The topological polar surface area (TPSA) is 9.23 Å². The Labute approximate surface area is 99.1 Å². The Hall–Kier alpha value is -1.24. The smallest absolute Gasteiger partial charge is 0.126 e. The zero-order valence-corrected chi connectivity index (χ0v) is 11.0. The fraction of sp³-hybridized carbons (Fsp3) is 0.467. The molecular formula is C15H22O. The zero-order valence-electron chi connectivity index (χ0n) is 11.0. The molecule has 1 heterocycles. The Bertz CT molecular complexity index is 375. The summed E-state index contributed by atoms with van der Waals surface area (Å²) in [5.41, 5.74) is 2.66. The van der Waals surface area contributed by atoms with Crippen LogP contribution in [0.25, 0.3) is 5.57 Å². The lowest BCUT2D eigenvalue weighted by Crippen LogP contribution is -2.17. The normalized spacial score (nSPS) is 16.9. The first-order valence-electron chi connectivity index (χ1n) is 6.00. The van der Waals surface area contributed by atoms with Crippen molar-refractivity contribution in [1.29, 1.82) is 0 Å². The van der Waals surface area contributed by atoms with E-state index in [2.05, 4.69) is 39.0 Å². The molecule has 0 saturated carbocycles. The Morgan fingerprint density at radius 3 is 2.44 bits per heavy atom. The molecule has 1 aromatic rings. The molecule has 0 amide bonds. The molecule has 1 aromatic carbocycles. The molecule has 0 atom stereocenters. The highest BCUT2D eigenvalue weighted by molar-refractivity contribution is 5.70. The van der Waals surface area contributed by atoms with Gasteiger partial charge in [-0.05, 0) is 18.6 Å². The van der Waals surface area contributed by atoms with Crippen LogP contribution in [-0.2, 0) is 0 Å². The Morgan fingerprint density at radius 1 is 1.12 bits per heavy atom. The average Bonchev–Trinajstić information content (AvgIpc) is 2.39. The zero-order chi connectivity index (χ0) is 12.2. The van der Waals surface area contributed by atoms with Gasteiger partial charge in [-0.3, -0.25) is 0 Å². The summed E-state index contributed by atoms with van der Waals surface area (Å²) in [4.78, 5) is 0. The Kier molecular flexibility index (Phi) is 4.17. The van der Waals surface area contributed by atoms with Gasteiger partial charge in [-0.1, -0.05) is 52.0 Å². The quantitative estimate of drug-likeness (QED) is 0.621. The van der Waals surface area contributed by atoms with Crippen LogP contribution >= 0.6 is 0 Å². The molecule has 1 nitrogen and oxygen atoms in total. The number of hydrogen-bond donors (Lipinski definition) is 0. The molecule has 0 bridgehead atoms. The first-order chi connectivity index (χ1) is 7.58. The van der Waals surface area contributed by atoms with Crippen molar-refractivity contribution in [3.8, 4) is 5.75 Å². The van der Waals surface area contributed by atoms with E-state index < -0.39 is 0 Å². The molecule has 1 heteroatoms. The highest BCUT2D eigenvalue weighted by atomic mass is 16.5. The van der Waals surface area contributed by atoms with Gasteiger partial charge >= 0.3 is 0 Å². The van der Waals surface area contributed by atoms with Crippen LogP contribution in [-0.4, -0.2) is 6.61 Å². The summed E-state index contributed by atoms with van der Waals surface area (Å²) in [5.74, 6) is 1.01. The molecule has 0 spiro atoms. The van der Waals surface area contributed by atoms with Gasteiger partial charge in [0.25, 0.3) is 0 Å². The number of ether oxygens (including phenoxy) is 1. The molecule has 0 fully saturated rings. The van der Waals surface area contributed by atoms with Crippen LogP contribution in [0.5, 0.6) is 5.75 Å². The lowest BCUT2D eigenvalue weighted by molar-refractivity contribution is 0.225. The number of benzene rings is 1. The molecular weight excluding hydrogens is 196 g/mol. The summed E-state index contributed by atoms with van der Waals surface area (Å²) in [7, 11) is 0. The largest absolute Gasteiger partial charge is 0.492 e. The van der Waals surface area contributed by atoms with Crippen LogP contribution in [0.2, 0.25) is 0 Å². The molecule has 0 radical (unpaired) electrons. The number of hydrogen-bond acceptors (Lipinski definition) is 1. The van der Waals surface area contributed by atoms with E-state index in [-0.39, 0.29) is 5.41 Å². The van der Waals surface area contributed by atoms with Crippen molar-refractivity contribution in [1.82, 2.24) is 0 Å². The maximum absolute atomic E-state index is 5.78. The van der Waals surface area contributed by atoms with Gasteiger partial charge in [0.05, 0.1) is 6.61 Å². The van der Waals surface area contributed by atoms with Gasteiger partial charge < -0.3 is 4.74 Å². The molecule has 16 heavy (non-hydrogen) atoms. The number of rotatable bonds is 0. The second kappa shape index (κ2) is 5.20. The summed E-state index contributed by atoms with van der Waals surface area (Å²) >= 11 is 0. The van der Waals surface area contributed by atoms with E-state index in [1.165, 1.54) is 11.1 Å². The maximum atomic E-state index is 5.78. The van der Waals surface area contributed by atoms with Gasteiger partial charge in [0, 0.05) is 11.0 Å². The Balaban J connectivity index is 0.000000606. The average molecular weight is 218 g/mol. The highest BCUT2D eigenvalue weighted by Gasteiger charge is 2.21. The molecule has 0 N–H and O–H groups in total. The van der Waals surface area contributed by atoms with Gasteiger partial charge in [0.15, 0.2) is 0 Å². The Morgan fingerprint density at radius 2 is 1.75 bits per heavy atom. The summed E-state index contributed by atoms with van der Waals surface area (Å²) < 4.78 is 5.78. The molecule has 0 aliphatic carbocycles. The van der Waals surface area contributed by atoms with Crippen LogP contribution in [0.3, 0.4) is 0 Å². The van der Waals surface area contributed by atoms with Crippen molar-refractivity contribution in [2.45, 2.75) is 34.6 Å². The minimum absolute atomic E-state index is 0.128. The number of para-hydroxylation sites is 1. The van der Waals surface area contributed by atoms with Gasteiger partial charge in [-0.25, -0.2) is 0 Å². The van der Waals surface area contributed by atoms with Crippen LogP contribution in [0.1, 0.15) is 40.2 Å². The first-order valence-corrected chi connectivity index (χ1v) is 6.00. The van der Waals surface area contributed by atoms with Crippen molar-refractivity contribution < 1.29 is 4.74 Å². The minimum Gasteiger partial charge on any atom is -0.492 e. The molecule has 0 unspecified atom stereocenters. The summed E-state index contributed by atoms with van der Waals surface area (Å²) in [6.07, 6.45) is 2.29. The van der Waals surface area contributed by atoms with E-state index in [0.29, 0.717) is 0 Å². The molecule has 88 valence electrons.